The fourth-order valence-electron chi connectivity index (χ4n) is 5.70. The van der Waals surface area contributed by atoms with Crippen molar-refractivity contribution in [3.8, 4) is 0 Å². The Morgan fingerprint density at radius 1 is 0.512 bits per heavy atom. The summed E-state index contributed by atoms with van der Waals surface area (Å²) in [5.41, 5.74) is 5.72. The van der Waals surface area contributed by atoms with Crippen LogP contribution >= 0.6 is 0 Å². The van der Waals surface area contributed by atoms with Crippen molar-refractivity contribution in [3.63, 3.8) is 0 Å². The van der Waals surface area contributed by atoms with Crippen molar-refractivity contribution in [2.75, 3.05) is 0 Å². The zero-order valence-electron chi connectivity index (χ0n) is 25.2. The Labute approximate surface area is 284 Å². The molecule has 0 bridgehead atoms. The van der Waals surface area contributed by atoms with Crippen molar-refractivity contribution in [1.82, 2.24) is 0 Å². The first kappa shape index (κ1) is 39.8. The van der Waals surface area contributed by atoms with Gasteiger partial charge in [0.2, 0.25) is 0 Å². The maximum Gasteiger partial charge on any atom is 4.00 e. The predicted octanol–water partition coefficient (Wildman–Crippen LogP) is -1.87. The van der Waals surface area contributed by atoms with Crippen molar-refractivity contribution in [2.24, 2.45) is 0 Å². The molecule has 41 heavy (non-hydrogen) atoms. The number of hydrogen-bond acceptors (Lipinski definition) is 0. The second-order valence-corrected chi connectivity index (χ2v) is 14.6. The second-order valence-electron chi connectivity index (χ2n) is 10.8. The van der Waals surface area contributed by atoms with Gasteiger partial charge in [-0.2, -0.15) is 12.1 Å². The first-order valence-corrected chi connectivity index (χ1v) is 16.6. The summed E-state index contributed by atoms with van der Waals surface area (Å²) < 4.78 is 0. The van der Waals surface area contributed by atoms with Crippen molar-refractivity contribution in [2.45, 2.75) is 85.5 Å². The van der Waals surface area contributed by atoms with Gasteiger partial charge in [0.1, 0.15) is 8.07 Å². The molecule has 0 aromatic heterocycles. The summed E-state index contributed by atoms with van der Waals surface area (Å²) >= 11 is 0. The number of benzene rings is 3. The fourth-order valence-corrected chi connectivity index (χ4v) is 10.5. The van der Waals surface area contributed by atoms with E-state index >= 15 is 0 Å². The van der Waals surface area contributed by atoms with Gasteiger partial charge >= 0.3 is 21.7 Å². The summed E-state index contributed by atoms with van der Waals surface area (Å²) in [6, 6.07) is 36.3. The van der Waals surface area contributed by atoms with Crippen molar-refractivity contribution in [3.05, 3.63) is 113 Å². The average Bonchev–Trinajstić information content (AvgIpc) is 3.38. The molecular formula is C36H45Cl3SiTi. The molecule has 0 spiro atoms. The molecule has 4 aromatic rings. The van der Waals surface area contributed by atoms with Crippen LogP contribution in [0.2, 0.25) is 0 Å². The number of rotatable bonds is 13. The Bertz CT molecular complexity index is 1110. The molecule has 0 heterocycles. The molecule has 0 unspecified atom stereocenters. The SMILES string of the molecule is CCCCc1ccc([Si](c2ccc(CCCC)cc2)(c2ccc(CCCC)cc2)[c-]2ccc(C)c2)cc1.[Cl-].[Cl-].[Cl-].[Ti+4]. The molecule has 0 N–H and O–H groups in total. The second kappa shape index (κ2) is 19.9. The van der Waals surface area contributed by atoms with E-state index in [0.29, 0.717) is 0 Å². The zero-order valence-corrected chi connectivity index (χ0v) is 30.0. The van der Waals surface area contributed by atoms with Crippen molar-refractivity contribution >= 4 is 28.8 Å². The van der Waals surface area contributed by atoms with Crippen LogP contribution in [0.1, 0.15) is 81.5 Å². The number of aryl methyl sites for hydroxylation is 4. The largest absolute Gasteiger partial charge is 4.00 e. The molecule has 4 aromatic carbocycles. The van der Waals surface area contributed by atoms with Crippen LogP contribution in [0.5, 0.6) is 0 Å². The standard InChI is InChI=1S/C36H45Si.3ClH.Ti/c1-5-8-11-30-15-22-33(23-16-30)37(36-21-14-29(4)28-36,34-24-17-31(18-25-34)12-9-6-2)35-26-19-32(20-27-35)13-10-7-3;;;;/h14-28H,5-13H2,1-4H3;3*1H;/q-1;;;;+4/p-3. The molecule has 5 heteroatoms. The van der Waals surface area contributed by atoms with E-state index in [2.05, 4.69) is 119 Å². The van der Waals surface area contributed by atoms with E-state index in [0.717, 1.165) is 0 Å². The molecule has 218 valence electrons. The Morgan fingerprint density at radius 2 is 0.829 bits per heavy atom. The van der Waals surface area contributed by atoms with Crippen LogP contribution in [0.15, 0.2) is 91.0 Å². The molecule has 0 aliphatic carbocycles. The molecule has 0 radical (unpaired) electrons. The predicted molar refractivity (Wildman–Crippen MR) is 166 cm³/mol. The monoisotopic (exact) mass is 658 g/mol. The Balaban J connectivity index is 0.00000400. The summed E-state index contributed by atoms with van der Waals surface area (Å²) in [5, 5.41) is 5.96. The van der Waals surface area contributed by atoms with Crippen molar-refractivity contribution in [1.29, 1.82) is 0 Å². The maximum absolute atomic E-state index is 2.45. The van der Waals surface area contributed by atoms with E-state index in [9.17, 15) is 0 Å². The van der Waals surface area contributed by atoms with Crippen LogP contribution in [-0.4, -0.2) is 8.07 Å². The summed E-state index contributed by atoms with van der Waals surface area (Å²) in [6.07, 6.45) is 11.0. The van der Waals surface area contributed by atoms with Gasteiger partial charge in [0.05, 0.1) is 0 Å². The maximum atomic E-state index is 2.45. The Hall–Kier alpha value is -1.19. The summed E-state index contributed by atoms with van der Waals surface area (Å²) in [4.78, 5) is 0. The zero-order chi connectivity index (χ0) is 26.1. The number of halogens is 3. The molecule has 0 atom stereocenters. The Morgan fingerprint density at radius 3 is 1.07 bits per heavy atom. The third kappa shape index (κ3) is 9.65. The van der Waals surface area contributed by atoms with E-state index in [1.807, 2.05) is 0 Å². The van der Waals surface area contributed by atoms with Gasteiger partial charge < -0.3 is 37.2 Å². The Kier molecular flexibility index (Phi) is 19.3. The van der Waals surface area contributed by atoms with Gasteiger partial charge in [-0.3, -0.25) is 0 Å². The molecule has 0 nitrogen and oxygen atoms in total. The molecular weight excluding hydrogens is 615 g/mol. The molecule has 0 aliphatic rings. The van der Waals surface area contributed by atoms with Gasteiger partial charge in [-0.05, 0) is 55.2 Å². The molecule has 0 saturated carbocycles. The van der Waals surface area contributed by atoms with Crippen LogP contribution in [0.3, 0.4) is 0 Å². The van der Waals surface area contributed by atoms with E-state index < -0.39 is 8.07 Å². The molecule has 0 amide bonds. The van der Waals surface area contributed by atoms with Gasteiger partial charge in [0, 0.05) is 0 Å². The third-order valence-corrected chi connectivity index (χ3v) is 12.7. The minimum Gasteiger partial charge on any atom is -1.00 e. The van der Waals surface area contributed by atoms with E-state index in [1.165, 1.54) is 101 Å². The summed E-state index contributed by atoms with van der Waals surface area (Å²) in [6.45, 7) is 9.06. The van der Waals surface area contributed by atoms with Crippen LogP contribution in [-0.2, 0) is 41.0 Å². The molecule has 4 rings (SSSR count). The number of hydrogen-bond donors (Lipinski definition) is 0. The molecule has 0 saturated heterocycles. The van der Waals surface area contributed by atoms with Crippen LogP contribution in [0.4, 0.5) is 0 Å². The van der Waals surface area contributed by atoms with Gasteiger partial charge in [-0.15, -0.1) is 5.19 Å². The topological polar surface area (TPSA) is 0 Å². The van der Waals surface area contributed by atoms with Gasteiger partial charge in [0.25, 0.3) is 0 Å². The quantitative estimate of drug-likeness (QED) is 0.0898. The smallest absolute Gasteiger partial charge is 1.00 e. The van der Waals surface area contributed by atoms with Gasteiger partial charge in [0.15, 0.2) is 0 Å². The molecule has 0 aliphatic heterocycles. The number of unbranched alkanes of at least 4 members (excludes halogenated alkanes) is 3. The van der Waals surface area contributed by atoms with Crippen molar-refractivity contribution < 1.29 is 58.9 Å². The average molecular weight is 660 g/mol. The minimum atomic E-state index is -2.44. The first-order chi connectivity index (χ1) is 18.1. The van der Waals surface area contributed by atoms with Crippen LogP contribution in [0.25, 0.3) is 0 Å². The minimum absolute atomic E-state index is 0. The van der Waals surface area contributed by atoms with Crippen LogP contribution in [0, 0.1) is 6.92 Å². The normalized spacial score (nSPS) is 10.5. The third-order valence-electron chi connectivity index (χ3n) is 7.96. The van der Waals surface area contributed by atoms with E-state index in [1.54, 1.807) is 0 Å². The fraction of sp³-hybridized carbons (Fsp3) is 0.361. The van der Waals surface area contributed by atoms with Gasteiger partial charge in [-0.25, -0.2) is 11.6 Å². The van der Waals surface area contributed by atoms with Crippen LogP contribution < -0.4 is 58.0 Å². The first-order valence-electron chi connectivity index (χ1n) is 14.6. The van der Waals surface area contributed by atoms with E-state index in [4.69, 9.17) is 0 Å². The summed E-state index contributed by atoms with van der Waals surface area (Å²) in [5.74, 6) is 0. The molecule has 0 fully saturated rings. The summed E-state index contributed by atoms with van der Waals surface area (Å²) in [7, 11) is -2.44. The van der Waals surface area contributed by atoms with E-state index in [-0.39, 0.29) is 58.9 Å². The van der Waals surface area contributed by atoms with Gasteiger partial charge in [-0.1, -0.05) is 135 Å².